The first-order valence-electron chi connectivity index (χ1n) is 5.73. The minimum Gasteiger partial charge on any atom is -0.347 e. The molecule has 17 heavy (non-hydrogen) atoms. The van der Waals surface area contributed by atoms with Gasteiger partial charge in [0.25, 0.3) is 5.91 Å². The van der Waals surface area contributed by atoms with Crippen LogP contribution in [0.1, 0.15) is 44.0 Å². The molecule has 0 unspecified atom stereocenters. The number of nitrogens with one attached hydrogen (secondary N) is 2. The number of nitrogens with zero attached hydrogens (tertiary/aromatic N) is 1. The molecular formula is C12H20N4O. The summed E-state index contributed by atoms with van der Waals surface area (Å²) in [5, 5.41) is 2.97. The van der Waals surface area contributed by atoms with Crippen LogP contribution in [0, 0.1) is 0 Å². The second-order valence-corrected chi connectivity index (χ2v) is 4.65. The van der Waals surface area contributed by atoms with E-state index >= 15 is 0 Å². The monoisotopic (exact) mass is 236 g/mol. The first-order chi connectivity index (χ1) is 8.00. The third kappa shape index (κ3) is 3.71. The molecule has 0 saturated heterocycles. The van der Waals surface area contributed by atoms with E-state index in [4.69, 9.17) is 5.84 Å². The molecule has 0 radical (unpaired) electrons. The molecule has 0 aromatic carbocycles. The molecule has 4 N–H and O–H groups in total. The summed E-state index contributed by atoms with van der Waals surface area (Å²) in [4.78, 5) is 16.0. The summed E-state index contributed by atoms with van der Waals surface area (Å²) in [7, 11) is 0. The van der Waals surface area contributed by atoms with Crippen molar-refractivity contribution < 1.29 is 4.79 Å². The van der Waals surface area contributed by atoms with Gasteiger partial charge < -0.3 is 10.7 Å². The number of amides is 1. The highest BCUT2D eigenvalue weighted by Crippen LogP contribution is 2.16. The third-order valence-corrected chi connectivity index (χ3v) is 2.55. The Bertz CT molecular complexity index is 390. The first kappa shape index (κ1) is 13.4. The molecule has 1 aromatic rings. The SMILES string of the molecule is CCCC(C)(C)NC(=O)c1cnccc1NN. The second kappa shape index (κ2) is 5.63. The number of nitrogen functional groups attached to an aromatic ring is 1. The molecule has 1 heterocycles. The van der Waals surface area contributed by atoms with Gasteiger partial charge in [-0.2, -0.15) is 0 Å². The number of anilines is 1. The van der Waals surface area contributed by atoms with E-state index in [1.165, 1.54) is 6.20 Å². The van der Waals surface area contributed by atoms with E-state index in [1.54, 1.807) is 12.3 Å². The van der Waals surface area contributed by atoms with Crippen molar-refractivity contribution in [2.75, 3.05) is 5.43 Å². The zero-order valence-corrected chi connectivity index (χ0v) is 10.6. The van der Waals surface area contributed by atoms with Crippen molar-refractivity contribution >= 4 is 11.6 Å². The fourth-order valence-corrected chi connectivity index (χ4v) is 1.76. The van der Waals surface area contributed by atoms with Gasteiger partial charge in [0.1, 0.15) is 0 Å². The van der Waals surface area contributed by atoms with Crippen molar-refractivity contribution in [2.24, 2.45) is 5.84 Å². The molecule has 0 saturated carbocycles. The molecule has 0 fully saturated rings. The van der Waals surface area contributed by atoms with Crippen LogP contribution in [-0.4, -0.2) is 16.4 Å². The summed E-state index contributed by atoms with van der Waals surface area (Å²) >= 11 is 0. The number of hydrogen-bond donors (Lipinski definition) is 3. The van der Waals surface area contributed by atoms with Crippen molar-refractivity contribution in [1.82, 2.24) is 10.3 Å². The molecule has 0 bridgehead atoms. The van der Waals surface area contributed by atoms with Crippen molar-refractivity contribution in [3.05, 3.63) is 24.0 Å². The fourth-order valence-electron chi connectivity index (χ4n) is 1.76. The predicted octanol–water partition coefficient (Wildman–Crippen LogP) is 1.68. The summed E-state index contributed by atoms with van der Waals surface area (Å²) < 4.78 is 0. The Balaban J connectivity index is 2.83. The van der Waals surface area contributed by atoms with Gasteiger partial charge in [0.15, 0.2) is 0 Å². The van der Waals surface area contributed by atoms with Crippen LogP contribution < -0.4 is 16.6 Å². The van der Waals surface area contributed by atoms with Crippen LogP contribution in [-0.2, 0) is 0 Å². The molecule has 0 aliphatic rings. The molecule has 1 rings (SSSR count). The van der Waals surface area contributed by atoms with Gasteiger partial charge in [-0.3, -0.25) is 15.6 Å². The lowest BCUT2D eigenvalue weighted by Gasteiger charge is -2.26. The van der Waals surface area contributed by atoms with Crippen LogP contribution >= 0.6 is 0 Å². The molecule has 94 valence electrons. The van der Waals surface area contributed by atoms with Crippen LogP contribution in [0.2, 0.25) is 0 Å². The highest BCUT2D eigenvalue weighted by molar-refractivity contribution is 5.99. The standard InChI is InChI=1S/C12H20N4O/c1-4-6-12(2,3)15-11(17)9-8-14-7-5-10(9)16-13/h5,7-8H,4,6,13H2,1-3H3,(H,14,16)(H,15,17). The van der Waals surface area contributed by atoms with E-state index in [0.717, 1.165) is 12.8 Å². The van der Waals surface area contributed by atoms with Crippen molar-refractivity contribution in [3.63, 3.8) is 0 Å². The summed E-state index contributed by atoms with van der Waals surface area (Å²) in [6.45, 7) is 6.09. The summed E-state index contributed by atoms with van der Waals surface area (Å²) in [6.07, 6.45) is 5.03. The van der Waals surface area contributed by atoms with Crippen LogP contribution in [0.25, 0.3) is 0 Å². The molecule has 0 spiro atoms. The molecule has 0 aliphatic heterocycles. The maximum atomic E-state index is 12.1. The Morgan fingerprint density at radius 3 is 2.82 bits per heavy atom. The van der Waals surface area contributed by atoms with E-state index in [9.17, 15) is 4.79 Å². The number of pyridine rings is 1. The van der Waals surface area contributed by atoms with Crippen LogP contribution in [0.5, 0.6) is 0 Å². The predicted molar refractivity (Wildman–Crippen MR) is 68.5 cm³/mol. The Labute approximate surface area is 102 Å². The Kier molecular flexibility index (Phi) is 4.45. The van der Waals surface area contributed by atoms with Crippen LogP contribution in [0.3, 0.4) is 0 Å². The van der Waals surface area contributed by atoms with E-state index < -0.39 is 0 Å². The molecule has 1 amide bonds. The lowest BCUT2D eigenvalue weighted by Crippen LogP contribution is -2.43. The number of carbonyl (C=O) groups excluding carboxylic acids is 1. The molecule has 5 heteroatoms. The molecular weight excluding hydrogens is 216 g/mol. The van der Waals surface area contributed by atoms with Crippen LogP contribution in [0.15, 0.2) is 18.5 Å². The average Bonchev–Trinajstić information content (AvgIpc) is 2.28. The lowest BCUT2D eigenvalue weighted by atomic mass is 9.98. The van der Waals surface area contributed by atoms with E-state index in [2.05, 4.69) is 22.7 Å². The summed E-state index contributed by atoms with van der Waals surface area (Å²) in [5.41, 5.74) is 3.30. The zero-order valence-electron chi connectivity index (χ0n) is 10.6. The Morgan fingerprint density at radius 2 is 2.24 bits per heavy atom. The normalized spacial score (nSPS) is 11.1. The minimum atomic E-state index is -0.229. The first-order valence-corrected chi connectivity index (χ1v) is 5.73. The number of rotatable bonds is 5. The van der Waals surface area contributed by atoms with Gasteiger partial charge in [-0.1, -0.05) is 13.3 Å². The van der Waals surface area contributed by atoms with Gasteiger partial charge in [-0.15, -0.1) is 0 Å². The maximum Gasteiger partial charge on any atom is 0.255 e. The smallest absolute Gasteiger partial charge is 0.255 e. The zero-order chi connectivity index (χ0) is 12.9. The maximum absolute atomic E-state index is 12.1. The number of carbonyl (C=O) groups is 1. The second-order valence-electron chi connectivity index (χ2n) is 4.65. The summed E-state index contributed by atoms with van der Waals surface area (Å²) in [5.74, 6) is 5.19. The van der Waals surface area contributed by atoms with Gasteiger partial charge in [0, 0.05) is 17.9 Å². The van der Waals surface area contributed by atoms with Crippen molar-refractivity contribution in [2.45, 2.75) is 39.2 Å². The van der Waals surface area contributed by atoms with Gasteiger partial charge in [0.2, 0.25) is 0 Å². The highest BCUT2D eigenvalue weighted by Gasteiger charge is 2.21. The number of hydrazine groups is 1. The summed E-state index contributed by atoms with van der Waals surface area (Å²) in [6, 6.07) is 1.67. The van der Waals surface area contributed by atoms with Gasteiger partial charge >= 0.3 is 0 Å². The van der Waals surface area contributed by atoms with Crippen molar-refractivity contribution in [1.29, 1.82) is 0 Å². The number of aromatic nitrogens is 1. The topological polar surface area (TPSA) is 80.0 Å². The van der Waals surface area contributed by atoms with E-state index in [0.29, 0.717) is 11.3 Å². The van der Waals surface area contributed by atoms with Crippen molar-refractivity contribution in [3.8, 4) is 0 Å². The Morgan fingerprint density at radius 1 is 1.53 bits per heavy atom. The molecule has 5 nitrogen and oxygen atoms in total. The molecule has 0 aliphatic carbocycles. The van der Waals surface area contributed by atoms with Gasteiger partial charge in [-0.05, 0) is 26.3 Å². The number of hydrogen-bond acceptors (Lipinski definition) is 4. The van der Waals surface area contributed by atoms with E-state index in [-0.39, 0.29) is 11.4 Å². The Hall–Kier alpha value is -1.62. The fraction of sp³-hybridized carbons (Fsp3) is 0.500. The molecule has 0 atom stereocenters. The number of nitrogens with two attached hydrogens (primary N) is 1. The van der Waals surface area contributed by atoms with E-state index in [1.807, 2.05) is 13.8 Å². The highest BCUT2D eigenvalue weighted by atomic mass is 16.1. The quantitative estimate of drug-likeness (QED) is 0.536. The van der Waals surface area contributed by atoms with Gasteiger partial charge in [0.05, 0.1) is 11.3 Å². The third-order valence-electron chi connectivity index (χ3n) is 2.55. The molecule has 1 aromatic heterocycles. The average molecular weight is 236 g/mol. The minimum absolute atomic E-state index is 0.162. The largest absolute Gasteiger partial charge is 0.347 e. The van der Waals surface area contributed by atoms with Crippen LogP contribution in [0.4, 0.5) is 5.69 Å². The lowest BCUT2D eigenvalue weighted by molar-refractivity contribution is 0.0909. The van der Waals surface area contributed by atoms with Gasteiger partial charge in [-0.25, -0.2) is 0 Å².